The van der Waals surface area contributed by atoms with Crippen molar-refractivity contribution >= 4 is 5.78 Å². The number of Topliss-reactive ketones (excluding diaryl/α,β-unsaturated/α-hetero) is 1. The van der Waals surface area contributed by atoms with Gasteiger partial charge in [0.1, 0.15) is 12.1 Å². The first kappa shape index (κ1) is 18.8. The third-order valence-corrected chi connectivity index (χ3v) is 5.14. The molecule has 2 aliphatic heterocycles. The maximum atomic E-state index is 13.2. The van der Waals surface area contributed by atoms with Crippen LogP contribution in [0.1, 0.15) is 0 Å². The Balaban J connectivity index is 2.09. The molecule has 2 saturated heterocycles. The summed E-state index contributed by atoms with van der Waals surface area (Å²) < 4.78 is 0. The van der Waals surface area contributed by atoms with Crippen LogP contribution < -0.4 is 0 Å². The van der Waals surface area contributed by atoms with E-state index < -0.39 is 0 Å². The molecule has 0 aromatic carbocycles. The van der Waals surface area contributed by atoms with Crippen LogP contribution in [0.15, 0.2) is 0 Å². The summed E-state index contributed by atoms with van der Waals surface area (Å²) in [6.45, 7) is 21.8. The molecule has 0 aromatic rings. The minimum atomic E-state index is -0.373. The van der Waals surface area contributed by atoms with Gasteiger partial charge in [-0.15, -0.1) is 0 Å². The fourth-order valence-electron chi connectivity index (χ4n) is 3.43. The zero-order valence-electron chi connectivity index (χ0n) is 14.8. The van der Waals surface area contributed by atoms with E-state index in [0.29, 0.717) is 0 Å². The van der Waals surface area contributed by atoms with Gasteiger partial charge in [0.25, 0.3) is 0 Å². The first-order chi connectivity index (χ1) is 11.6. The van der Waals surface area contributed by atoms with Crippen LogP contribution in [0.2, 0.25) is 0 Å². The van der Waals surface area contributed by atoms with Crippen LogP contribution in [-0.4, -0.2) is 117 Å². The van der Waals surface area contributed by atoms with Crippen LogP contribution in [0.5, 0.6) is 0 Å². The molecule has 0 N–H and O–H groups in total. The summed E-state index contributed by atoms with van der Waals surface area (Å²) in [5.74, 6) is 0.0658. The number of likely N-dealkylation sites (N-methyl/N-ethyl adjacent to an activating group) is 2. The third kappa shape index (κ3) is 4.75. The Hall–Kier alpha value is -1.51. The maximum absolute atomic E-state index is 13.2. The molecular formula is C17H28N6O. The molecule has 0 radical (unpaired) electrons. The molecule has 0 spiro atoms. The van der Waals surface area contributed by atoms with E-state index in [2.05, 4.69) is 43.4 Å². The molecule has 24 heavy (non-hydrogen) atoms. The monoisotopic (exact) mass is 332 g/mol. The van der Waals surface area contributed by atoms with E-state index in [-0.39, 0.29) is 31.0 Å². The smallest absolute Gasteiger partial charge is 0.237 e. The molecule has 7 heteroatoms. The van der Waals surface area contributed by atoms with Crippen molar-refractivity contribution in [1.29, 1.82) is 0 Å². The van der Waals surface area contributed by atoms with Crippen molar-refractivity contribution in [2.45, 2.75) is 12.1 Å². The van der Waals surface area contributed by atoms with Crippen molar-refractivity contribution in [2.24, 2.45) is 0 Å². The lowest BCUT2D eigenvalue weighted by molar-refractivity contribution is -0.130. The van der Waals surface area contributed by atoms with Crippen LogP contribution in [-0.2, 0) is 4.79 Å². The van der Waals surface area contributed by atoms with Crippen LogP contribution in [0.3, 0.4) is 0 Å². The Morgan fingerprint density at radius 1 is 0.792 bits per heavy atom. The molecule has 2 rings (SSSR count). The fraction of sp³-hybridized carbons (Fsp3) is 0.824. The lowest BCUT2D eigenvalue weighted by Crippen LogP contribution is -2.59. The van der Waals surface area contributed by atoms with Gasteiger partial charge in [0.2, 0.25) is 13.1 Å². The SMILES string of the molecule is [C-]#[N+]CC(C(=O)C(C[N+]#[C-])N1CCN(C)CC1)N1CCN(C)CC1. The van der Waals surface area contributed by atoms with Gasteiger partial charge in [-0.25, -0.2) is 13.1 Å². The van der Waals surface area contributed by atoms with E-state index >= 15 is 0 Å². The predicted molar refractivity (Wildman–Crippen MR) is 93.7 cm³/mol. The molecule has 0 bridgehead atoms. The zero-order valence-corrected chi connectivity index (χ0v) is 14.8. The Morgan fingerprint density at radius 3 is 1.42 bits per heavy atom. The van der Waals surface area contributed by atoms with Crippen LogP contribution in [0.4, 0.5) is 0 Å². The highest BCUT2D eigenvalue weighted by Crippen LogP contribution is 2.14. The average Bonchev–Trinajstić information content (AvgIpc) is 2.59. The van der Waals surface area contributed by atoms with Crippen molar-refractivity contribution in [3.63, 3.8) is 0 Å². The predicted octanol–water partition coefficient (Wildman–Crippen LogP) is -0.374. The minimum absolute atomic E-state index is 0.0658. The molecule has 2 heterocycles. The van der Waals surface area contributed by atoms with Gasteiger partial charge in [0.15, 0.2) is 5.78 Å². The molecular weight excluding hydrogens is 304 g/mol. The number of hydrogen-bond acceptors (Lipinski definition) is 5. The van der Waals surface area contributed by atoms with E-state index in [1.807, 2.05) is 0 Å². The van der Waals surface area contributed by atoms with Crippen LogP contribution in [0, 0.1) is 13.1 Å². The molecule has 7 nitrogen and oxygen atoms in total. The summed E-state index contributed by atoms with van der Waals surface area (Å²) in [6.07, 6.45) is 0. The van der Waals surface area contributed by atoms with Gasteiger partial charge in [-0.05, 0) is 14.1 Å². The zero-order chi connectivity index (χ0) is 17.5. The van der Waals surface area contributed by atoms with Gasteiger partial charge >= 0.3 is 0 Å². The highest BCUT2D eigenvalue weighted by Gasteiger charge is 2.39. The molecule has 0 saturated carbocycles. The summed E-state index contributed by atoms with van der Waals surface area (Å²) in [6, 6.07) is -0.745. The first-order valence-corrected chi connectivity index (χ1v) is 8.62. The first-order valence-electron chi connectivity index (χ1n) is 8.62. The molecule has 2 atom stereocenters. The number of hydrogen-bond donors (Lipinski definition) is 0. The van der Waals surface area contributed by atoms with E-state index in [1.165, 1.54) is 0 Å². The second-order valence-electron chi connectivity index (χ2n) is 6.79. The number of carbonyl (C=O) groups excluding carboxylic acids is 1. The van der Waals surface area contributed by atoms with E-state index in [1.54, 1.807) is 0 Å². The number of nitrogens with zero attached hydrogens (tertiary/aromatic N) is 6. The van der Waals surface area contributed by atoms with E-state index in [9.17, 15) is 4.79 Å². The van der Waals surface area contributed by atoms with Gasteiger partial charge in [0, 0.05) is 52.4 Å². The summed E-state index contributed by atoms with van der Waals surface area (Å²) >= 11 is 0. The molecule has 0 aliphatic carbocycles. The van der Waals surface area contributed by atoms with Gasteiger partial charge in [-0.1, -0.05) is 0 Å². The minimum Gasteiger partial charge on any atom is -0.315 e. The van der Waals surface area contributed by atoms with E-state index in [0.717, 1.165) is 52.4 Å². The summed E-state index contributed by atoms with van der Waals surface area (Å²) in [5, 5.41) is 0. The molecule has 2 aliphatic rings. The van der Waals surface area contributed by atoms with Gasteiger partial charge in [-0.2, -0.15) is 0 Å². The number of carbonyl (C=O) groups is 1. The Morgan fingerprint density at radius 2 is 1.12 bits per heavy atom. The molecule has 0 aromatic heterocycles. The van der Waals surface area contributed by atoms with Crippen LogP contribution >= 0.6 is 0 Å². The molecule has 132 valence electrons. The quantitative estimate of drug-likeness (QED) is 0.621. The topological polar surface area (TPSA) is 38.8 Å². The lowest BCUT2D eigenvalue weighted by atomic mass is 10.0. The number of rotatable bonds is 6. The Labute approximate surface area is 145 Å². The number of ketones is 1. The van der Waals surface area contributed by atoms with Crippen LogP contribution in [0.25, 0.3) is 9.69 Å². The molecule has 2 unspecified atom stereocenters. The van der Waals surface area contributed by atoms with Crippen molar-refractivity contribution in [3.8, 4) is 0 Å². The van der Waals surface area contributed by atoms with Crippen molar-refractivity contribution in [2.75, 3.05) is 79.5 Å². The van der Waals surface area contributed by atoms with Gasteiger partial charge in [0.05, 0.1) is 0 Å². The highest BCUT2D eigenvalue weighted by molar-refractivity contribution is 5.90. The molecule has 0 amide bonds. The normalized spacial score (nSPS) is 24.0. The largest absolute Gasteiger partial charge is 0.315 e. The second kappa shape index (κ2) is 9.10. The Kier molecular flexibility index (Phi) is 7.14. The number of piperazine rings is 2. The third-order valence-electron chi connectivity index (χ3n) is 5.14. The van der Waals surface area contributed by atoms with Crippen molar-refractivity contribution < 1.29 is 4.79 Å². The summed E-state index contributed by atoms with van der Waals surface area (Å²) in [7, 11) is 4.16. The molecule has 2 fully saturated rings. The second-order valence-corrected chi connectivity index (χ2v) is 6.79. The van der Waals surface area contributed by atoms with Crippen molar-refractivity contribution in [1.82, 2.24) is 19.6 Å². The summed E-state index contributed by atoms with van der Waals surface area (Å²) in [5.41, 5.74) is 0. The fourth-order valence-corrected chi connectivity index (χ4v) is 3.43. The summed E-state index contributed by atoms with van der Waals surface area (Å²) in [4.78, 5) is 29.0. The lowest BCUT2D eigenvalue weighted by Gasteiger charge is -2.39. The Bertz CT molecular complexity index is 450. The van der Waals surface area contributed by atoms with E-state index in [4.69, 9.17) is 13.1 Å². The highest BCUT2D eigenvalue weighted by atomic mass is 16.1. The van der Waals surface area contributed by atoms with Gasteiger partial charge in [-0.3, -0.25) is 14.6 Å². The standard InChI is InChI=1S/C17H28N6O/c1-18-13-15(22-9-5-20(3)6-10-22)17(24)16(14-19-2)23-11-7-21(4)8-12-23/h15-16H,5-14H2,3-4H3. The maximum Gasteiger partial charge on any atom is 0.237 e. The average molecular weight is 332 g/mol. The van der Waals surface area contributed by atoms with Gasteiger partial charge < -0.3 is 19.5 Å². The van der Waals surface area contributed by atoms with Crippen molar-refractivity contribution in [3.05, 3.63) is 22.8 Å².